The van der Waals surface area contributed by atoms with Gasteiger partial charge in [-0.1, -0.05) is 140 Å². The maximum absolute atomic E-state index is 6.55. The maximum Gasteiger partial charge on any atom is 0.246 e. The highest BCUT2D eigenvalue weighted by Gasteiger charge is 2.21. The molecule has 0 aliphatic carbocycles. The van der Waals surface area contributed by atoms with Crippen molar-refractivity contribution in [3.8, 4) is 78.7 Å². The quantitative estimate of drug-likeness (QED) is 0.144. The van der Waals surface area contributed by atoms with Crippen molar-refractivity contribution in [1.82, 2.24) is 39.9 Å². The Morgan fingerprint density at radius 2 is 0.971 bits per heavy atom. The summed E-state index contributed by atoms with van der Waals surface area (Å²) in [4.78, 5) is 40.6. The summed E-state index contributed by atoms with van der Waals surface area (Å²) in [6, 6.07) is 65.9. The first kappa shape index (κ1) is 39.8. The summed E-state index contributed by atoms with van der Waals surface area (Å²) in [6.45, 7) is 0. The van der Waals surface area contributed by atoms with Crippen LogP contribution in [0.5, 0.6) is 0 Å². The van der Waals surface area contributed by atoms with Gasteiger partial charge in [-0.15, -0.1) is 11.3 Å². The summed E-state index contributed by atoms with van der Waals surface area (Å²) < 4.78 is 7.67. The van der Waals surface area contributed by atoms with Gasteiger partial charge in [0, 0.05) is 61.8 Å². The summed E-state index contributed by atoms with van der Waals surface area (Å²) >= 11 is 1.62. The smallest absolute Gasteiger partial charge is 0.246 e. The standard InChI is InChI=1S/C60H34N8OS/c1-3-14-36(15-4-1)52-45-26-25-35-13-7-8-18-40(35)54(45)66-57(64-52)38-29-31-61-48(33-38)59-68-56-44(21-12-23-50(56)69-59)41-19-11-20-43-42(41)27-28-46-53(37-16-5-2-6-17-37)65-58(67-55(43)46)39-30-32-62-49(34-39)60-63-47-22-9-10-24-51(47)70-60/h1-34H. The summed E-state index contributed by atoms with van der Waals surface area (Å²) in [5.74, 6) is 1.59. The van der Waals surface area contributed by atoms with Crippen molar-refractivity contribution in [1.29, 1.82) is 0 Å². The number of fused-ring (bicyclic) bond motifs is 8. The number of pyridine rings is 2. The lowest BCUT2D eigenvalue weighted by molar-refractivity contribution is 0.617. The number of thiazole rings is 1. The van der Waals surface area contributed by atoms with Gasteiger partial charge in [0.25, 0.3) is 0 Å². The molecule has 6 heterocycles. The Kier molecular flexibility index (Phi) is 9.17. The molecule has 8 aromatic carbocycles. The van der Waals surface area contributed by atoms with Gasteiger partial charge in [-0.25, -0.2) is 29.9 Å². The predicted molar refractivity (Wildman–Crippen MR) is 282 cm³/mol. The van der Waals surface area contributed by atoms with Crippen molar-refractivity contribution in [2.24, 2.45) is 0 Å². The van der Waals surface area contributed by atoms with Gasteiger partial charge in [-0.2, -0.15) is 0 Å². The second kappa shape index (κ2) is 16.2. The first-order chi connectivity index (χ1) is 34.7. The van der Waals surface area contributed by atoms with E-state index >= 15 is 0 Å². The molecular weight excluding hydrogens is 881 g/mol. The van der Waals surface area contributed by atoms with Gasteiger partial charge in [0.15, 0.2) is 17.2 Å². The fourth-order valence-corrected chi connectivity index (χ4v) is 10.5. The lowest BCUT2D eigenvalue weighted by Gasteiger charge is -2.14. The number of hydrogen-bond acceptors (Lipinski definition) is 10. The van der Waals surface area contributed by atoms with Gasteiger partial charge in [0.2, 0.25) is 5.89 Å². The van der Waals surface area contributed by atoms with E-state index in [1.54, 1.807) is 17.5 Å². The Bertz CT molecular complexity index is 4350. The third-order valence-corrected chi connectivity index (χ3v) is 13.9. The van der Waals surface area contributed by atoms with Crippen LogP contribution in [0, 0.1) is 0 Å². The van der Waals surface area contributed by atoms with E-state index in [0.29, 0.717) is 28.8 Å². The number of hydrogen-bond donors (Lipinski definition) is 0. The Balaban J connectivity index is 0.890. The van der Waals surface area contributed by atoms with Crippen LogP contribution in [0.4, 0.5) is 0 Å². The zero-order chi connectivity index (χ0) is 46.1. The molecule has 0 atom stereocenters. The molecule has 0 unspecified atom stereocenters. The first-order valence-corrected chi connectivity index (χ1v) is 23.7. The van der Waals surface area contributed by atoms with Crippen molar-refractivity contribution in [3.63, 3.8) is 0 Å². The van der Waals surface area contributed by atoms with Crippen LogP contribution in [-0.4, -0.2) is 39.9 Å². The van der Waals surface area contributed by atoms with Crippen molar-refractivity contribution in [2.45, 2.75) is 0 Å². The van der Waals surface area contributed by atoms with E-state index in [2.05, 4.69) is 103 Å². The molecule has 14 aromatic rings. The SMILES string of the molecule is c1ccc(-c2nc(-c3ccnc(-c4nc5c(-c6cccc7c6ccc6c(-c8ccccc8)nc(-c8ccnc(-c9nc%10ccccc%10s9)c8)nc67)cccc5o4)c3)nc3c2ccc2ccccc23)cc1. The maximum atomic E-state index is 6.55. The van der Waals surface area contributed by atoms with Crippen molar-refractivity contribution >= 4 is 76.0 Å². The minimum absolute atomic E-state index is 0.400. The third-order valence-electron chi connectivity index (χ3n) is 12.9. The van der Waals surface area contributed by atoms with E-state index in [0.717, 1.165) is 115 Å². The molecule has 0 saturated heterocycles. The Morgan fingerprint density at radius 1 is 0.371 bits per heavy atom. The fourth-order valence-electron chi connectivity index (χ4n) is 9.57. The minimum atomic E-state index is 0.400. The number of nitrogens with zero attached hydrogens (tertiary/aromatic N) is 8. The van der Waals surface area contributed by atoms with Gasteiger partial charge in [-0.05, 0) is 70.9 Å². The molecule has 0 saturated carbocycles. The lowest BCUT2D eigenvalue weighted by Crippen LogP contribution is -1.97. The molecule has 0 amide bonds. The molecule has 10 heteroatoms. The molecule has 0 N–H and O–H groups in total. The highest BCUT2D eigenvalue weighted by atomic mass is 32.1. The molecule has 0 bridgehead atoms. The minimum Gasteiger partial charge on any atom is -0.435 e. The topological polar surface area (TPSA) is 116 Å². The van der Waals surface area contributed by atoms with E-state index < -0.39 is 0 Å². The molecular formula is C60H34N8OS. The summed E-state index contributed by atoms with van der Waals surface area (Å²) in [7, 11) is 0. The Morgan fingerprint density at radius 3 is 1.73 bits per heavy atom. The molecule has 70 heavy (non-hydrogen) atoms. The van der Waals surface area contributed by atoms with E-state index in [1.165, 1.54) is 0 Å². The first-order valence-electron chi connectivity index (χ1n) is 22.9. The van der Waals surface area contributed by atoms with Crippen LogP contribution < -0.4 is 0 Å². The molecule has 0 radical (unpaired) electrons. The van der Waals surface area contributed by atoms with Crippen LogP contribution >= 0.6 is 11.3 Å². The zero-order valence-corrected chi connectivity index (χ0v) is 37.8. The van der Waals surface area contributed by atoms with Crippen LogP contribution in [0.2, 0.25) is 0 Å². The molecule has 9 nitrogen and oxygen atoms in total. The van der Waals surface area contributed by atoms with Crippen molar-refractivity contribution in [3.05, 3.63) is 207 Å². The Labute approximate surface area is 403 Å². The van der Waals surface area contributed by atoms with Gasteiger partial charge >= 0.3 is 0 Å². The molecule has 326 valence electrons. The molecule has 6 aromatic heterocycles. The average Bonchev–Trinajstić information content (AvgIpc) is 4.09. The van der Waals surface area contributed by atoms with Crippen LogP contribution in [-0.2, 0) is 0 Å². The van der Waals surface area contributed by atoms with E-state index in [4.69, 9.17) is 44.3 Å². The van der Waals surface area contributed by atoms with Crippen molar-refractivity contribution in [2.75, 3.05) is 0 Å². The highest BCUT2D eigenvalue weighted by molar-refractivity contribution is 7.21. The largest absolute Gasteiger partial charge is 0.435 e. The van der Waals surface area contributed by atoms with Gasteiger partial charge in [-0.3, -0.25) is 9.97 Å². The monoisotopic (exact) mass is 914 g/mol. The molecule has 0 spiro atoms. The summed E-state index contributed by atoms with van der Waals surface area (Å²) in [5.41, 5.74) is 12.7. The van der Waals surface area contributed by atoms with Gasteiger partial charge < -0.3 is 4.42 Å². The average molecular weight is 915 g/mol. The number of benzene rings is 8. The summed E-state index contributed by atoms with van der Waals surface area (Å²) in [6.07, 6.45) is 3.58. The normalized spacial score (nSPS) is 11.7. The van der Waals surface area contributed by atoms with E-state index in [9.17, 15) is 0 Å². The van der Waals surface area contributed by atoms with Gasteiger partial charge in [0.1, 0.15) is 16.2 Å². The second-order valence-electron chi connectivity index (χ2n) is 17.1. The zero-order valence-electron chi connectivity index (χ0n) is 37.0. The highest BCUT2D eigenvalue weighted by Crippen LogP contribution is 2.41. The molecule has 14 rings (SSSR count). The van der Waals surface area contributed by atoms with Crippen LogP contribution in [0.25, 0.3) is 143 Å². The number of para-hydroxylation sites is 2. The van der Waals surface area contributed by atoms with Crippen LogP contribution in [0.15, 0.2) is 211 Å². The van der Waals surface area contributed by atoms with Crippen LogP contribution in [0.1, 0.15) is 0 Å². The number of aromatic nitrogens is 8. The Hall–Kier alpha value is -9.38. The fraction of sp³-hybridized carbons (Fsp3) is 0. The molecule has 0 aliphatic rings. The number of oxazole rings is 1. The second-order valence-corrected chi connectivity index (χ2v) is 18.1. The predicted octanol–water partition coefficient (Wildman–Crippen LogP) is 15.1. The molecule has 0 aliphatic heterocycles. The van der Waals surface area contributed by atoms with Crippen LogP contribution in [0.3, 0.4) is 0 Å². The third kappa shape index (κ3) is 6.69. The summed E-state index contributed by atoms with van der Waals surface area (Å²) in [5, 5.41) is 6.99. The molecule has 0 fully saturated rings. The van der Waals surface area contributed by atoms with E-state index in [1.807, 2.05) is 97.2 Å². The number of rotatable bonds is 7. The van der Waals surface area contributed by atoms with E-state index in [-0.39, 0.29) is 0 Å². The lowest BCUT2D eigenvalue weighted by atomic mass is 9.94. The van der Waals surface area contributed by atoms with Crippen molar-refractivity contribution < 1.29 is 4.42 Å². The van der Waals surface area contributed by atoms with Gasteiger partial charge in [0.05, 0.1) is 38.3 Å².